The van der Waals surface area contributed by atoms with Gasteiger partial charge in [0.1, 0.15) is 5.75 Å². The van der Waals surface area contributed by atoms with Gasteiger partial charge in [-0.1, -0.05) is 52.0 Å². The fraction of sp³-hybridized carbons (Fsp3) is 0.429. The van der Waals surface area contributed by atoms with Crippen LogP contribution < -0.4 is 0 Å². The number of rotatable bonds is 0. The van der Waals surface area contributed by atoms with Crippen molar-refractivity contribution >= 4 is 34.3 Å². The molecule has 1 nitrogen and oxygen atoms in total. The maximum absolute atomic E-state index is 11.3. The van der Waals surface area contributed by atoms with Gasteiger partial charge in [0.05, 0.1) is 0 Å². The van der Waals surface area contributed by atoms with E-state index in [0.717, 1.165) is 29.7 Å². The summed E-state index contributed by atoms with van der Waals surface area (Å²) in [6.07, 6.45) is 3.50. The van der Waals surface area contributed by atoms with Crippen LogP contribution >= 0.6 is 23.5 Å². The third-order valence-corrected chi connectivity index (χ3v) is 10.0. The van der Waals surface area contributed by atoms with Gasteiger partial charge >= 0.3 is 0 Å². The molecule has 6 rings (SSSR count). The first kappa shape index (κ1) is 20.1. The van der Waals surface area contributed by atoms with Crippen molar-refractivity contribution in [2.24, 2.45) is 10.8 Å². The molecule has 2 aliphatic carbocycles. The molecule has 0 radical (unpaired) electrons. The number of benzene rings is 3. The van der Waals surface area contributed by atoms with E-state index in [0.29, 0.717) is 5.75 Å². The molecule has 0 atom stereocenters. The summed E-state index contributed by atoms with van der Waals surface area (Å²) in [4.78, 5) is 2.69. The molecule has 3 heteroatoms. The SMILES string of the molecule is CC1(C)CC(C)(C)CC2(C1)c1ccccc1-c1c2cc(O)c2cc3c(cc12)SCCS3. The number of hydrogen-bond donors (Lipinski definition) is 1. The molecule has 0 bridgehead atoms. The molecule has 3 aromatic carbocycles. The van der Waals surface area contributed by atoms with Gasteiger partial charge in [0.15, 0.2) is 0 Å². The zero-order valence-corrected chi connectivity index (χ0v) is 20.5. The molecule has 1 saturated carbocycles. The second-order valence-corrected chi connectivity index (χ2v) is 13.6. The topological polar surface area (TPSA) is 20.2 Å². The fourth-order valence-corrected chi connectivity index (χ4v) is 9.63. The van der Waals surface area contributed by atoms with Crippen molar-refractivity contribution in [2.75, 3.05) is 11.5 Å². The summed E-state index contributed by atoms with van der Waals surface area (Å²) < 4.78 is 0. The first-order chi connectivity index (χ1) is 14.7. The van der Waals surface area contributed by atoms with Crippen LogP contribution in [0.1, 0.15) is 58.1 Å². The average Bonchev–Trinajstić information content (AvgIpc) is 2.94. The van der Waals surface area contributed by atoms with E-state index in [4.69, 9.17) is 0 Å². The molecule has 3 aromatic rings. The van der Waals surface area contributed by atoms with Gasteiger partial charge in [0, 0.05) is 32.1 Å². The number of phenols is 1. The van der Waals surface area contributed by atoms with Crippen LogP contribution in [0.4, 0.5) is 0 Å². The van der Waals surface area contributed by atoms with E-state index in [1.807, 2.05) is 23.5 Å². The smallest absolute Gasteiger partial charge is 0.123 e. The Kier molecular flexibility index (Phi) is 4.19. The molecule has 0 saturated heterocycles. The lowest BCUT2D eigenvalue weighted by Crippen LogP contribution is -2.43. The Bertz CT molecular complexity index is 1220. The van der Waals surface area contributed by atoms with Crippen molar-refractivity contribution in [1.29, 1.82) is 0 Å². The van der Waals surface area contributed by atoms with E-state index in [-0.39, 0.29) is 16.2 Å². The number of phenolic OH excluding ortho intramolecular Hbond substituents is 1. The van der Waals surface area contributed by atoms with Gasteiger partial charge in [-0.15, -0.1) is 23.5 Å². The fourth-order valence-electron chi connectivity index (χ4n) is 7.37. The first-order valence-corrected chi connectivity index (χ1v) is 13.4. The molecule has 1 heterocycles. The second kappa shape index (κ2) is 6.48. The zero-order chi connectivity index (χ0) is 21.6. The summed E-state index contributed by atoms with van der Waals surface area (Å²) in [7, 11) is 0. The van der Waals surface area contributed by atoms with Crippen LogP contribution in [0.15, 0.2) is 52.3 Å². The number of thioether (sulfide) groups is 2. The Morgan fingerprint density at radius 3 is 2.03 bits per heavy atom. The molecule has 0 aromatic heterocycles. The van der Waals surface area contributed by atoms with Gasteiger partial charge < -0.3 is 5.11 Å². The van der Waals surface area contributed by atoms with E-state index in [2.05, 4.69) is 70.2 Å². The number of hydrogen-bond acceptors (Lipinski definition) is 3. The van der Waals surface area contributed by atoms with Crippen molar-refractivity contribution in [2.45, 2.75) is 62.2 Å². The van der Waals surface area contributed by atoms with Crippen molar-refractivity contribution in [1.82, 2.24) is 0 Å². The predicted molar refractivity (Wildman–Crippen MR) is 135 cm³/mol. The van der Waals surface area contributed by atoms with Crippen LogP contribution in [0, 0.1) is 10.8 Å². The number of fused-ring (bicyclic) bond motifs is 8. The van der Waals surface area contributed by atoms with E-state index < -0.39 is 0 Å². The molecule has 31 heavy (non-hydrogen) atoms. The largest absolute Gasteiger partial charge is 0.507 e. The third-order valence-electron chi connectivity index (χ3n) is 7.52. The molecule has 1 fully saturated rings. The summed E-state index contributed by atoms with van der Waals surface area (Å²) in [6, 6.07) is 15.8. The molecular weight excluding hydrogens is 416 g/mol. The highest BCUT2D eigenvalue weighted by atomic mass is 32.2. The minimum atomic E-state index is -0.0271. The Morgan fingerprint density at radius 1 is 0.742 bits per heavy atom. The van der Waals surface area contributed by atoms with E-state index in [9.17, 15) is 5.11 Å². The first-order valence-electron chi connectivity index (χ1n) is 11.4. The van der Waals surface area contributed by atoms with Crippen LogP contribution in [0.25, 0.3) is 21.9 Å². The summed E-state index contributed by atoms with van der Waals surface area (Å²) in [5, 5.41) is 13.5. The lowest BCUT2D eigenvalue weighted by atomic mass is 9.52. The lowest BCUT2D eigenvalue weighted by Gasteiger charge is -2.51. The molecule has 1 N–H and O–H groups in total. The van der Waals surface area contributed by atoms with E-state index >= 15 is 0 Å². The van der Waals surface area contributed by atoms with Gasteiger partial charge in [-0.25, -0.2) is 0 Å². The van der Waals surface area contributed by atoms with Crippen LogP contribution in [0.3, 0.4) is 0 Å². The third kappa shape index (κ3) is 2.92. The van der Waals surface area contributed by atoms with Crippen molar-refractivity contribution in [3.63, 3.8) is 0 Å². The maximum Gasteiger partial charge on any atom is 0.123 e. The summed E-state index contributed by atoms with van der Waals surface area (Å²) in [6.45, 7) is 9.73. The summed E-state index contributed by atoms with van der Waals surface area (Å²) in [5.74, 6) is 2.75. The van der Waals surface area contributed by atoms with Crippen LogP contribution in [-0.4, -0.2) is 16.6 Å². The van der Waals surface area contributed by atoms with Crippen molar-refractivity contribution in [3.05, 3.63) is 53.6 Å². The van der Waals surface area contributed by atoms with Gasteiger partial charge in [-0.05, 0) is 75.9 Å². The molecule has 1 spiro atoms. The highest BCUT2D eigenvalue weighted by Gasteiger charge is 2.53. The molecule has 0 amide bonds. The van der Waals surface area contributed by atoms with Crippen molar-refractivity contribution in [3.8, 4) is 16.9 Å². The Labute approximate surface area is 194 Å². The van der Waals surface area contributed by atoms with Crippen molar-refractivity contribution < 1.29 is 5.11 Å². The minimum Gasteiger partial charge on any atom is -0.507 e. The quantitative estimate of drug-likeness (QED) is 0.375. The summed E-state index contributed by atoms with van der Waals surface area (Å²) >= 11 is 3.88. The Hall–Kier alpha value is -1.58. The normalized spacial score (nSPS) is 22.2. The molecule has 160 valence electrons. The van der Waals surface area contributed by atoms with Crippen LogP contribution in [0.2, 0.25) is 0 Å². The molecular formula is C28H30OS2. The molecule has 0 unspecified atom stereocenters. The molecule has 1 aliphatic heterocycles. The highest BCUT2D eigenvalue weighted by molar-refractivity contribution is 8.05. The summed E-state index contributed by atoms with van der Waals surface area (Å²) in [5.41, 5.74) is 6.05. The minimum absolute atomic E-state index is 0.0271. The van der Waals surface area contributed by atoms with Crippen LogP contribution in [-0.2, 0) is 5.41 Å². The Balaban J connectivity index is 1.71. The average molecular weight is 447 g/mol. The standard InChI is InChI=1S/C28H30OS2/c1-26(2)14-27(3,4)16-28(15-26)20-8-6-5-7-17(20)25-19-12-24-23(30-9-10-31-24)11-18(19)22(29)13-21(25)28/h5-8,11-13,29H,9-10,14-16H2,1-4H3. The van der Waals surface area contributed by atoms with E-state index in [1.54, 1.807) is 0 Å². The van der Waals surface area contributed by atoms with E-state index in [1.165, 1.54) is 43.9 Å². The highest BCUT2D eigenvalue weighted by Crippen LogP contribution is 2.65. The number of aromatic hydroxyl groups is 1. The second-order valence-electron chi connectivity index (χ2n) is 11.3. The van der Waals surface area contributed by atoms with Gasteiger partial charge in [0.25, 0.3) is 0 Å². The monoisotopic (exact) mass is 446 g/mol. The Morgan fingerprint density at radius 2 is 1.35 bits per heavy atom. The van der Waals surface area contributed by atoms with Gasteiger partial charge in [-0.2, -0.15) is 0 Å². The maximum atomic E-state index is 11.3. The van der Waals surface area contributed by atoms with Gasteiger partial charge in [0.2, 0.25) is 0 Å². The van der Waals surface area contributed by atoms with Gasteiger partial charge in [-0.3, -0.25) is 0 Å². The zero-order valence-electron chi connectivity index (χ0n) is 18.8. The van der Waals surface area contributed by atoms with Crippen LogP contribution in [0.5, 0.6) is 5.75 Å². The lowest BCUT2D eigenvalue weighted by molar-refractivity contribution is 0.0645. The molecule has 3 aliphatic rings. The predicted octanol–water partition coefficient (Wildman–Crippen LogP) is 8.25.